The van der Waals surface area contributed by atoms with E-state index in [2.05, 4.69) is 32.8 Å². The highest BCUT2D eigenvalue weighted by molar-refractivity contribution is 7.90. The summed E-state index contributed by atoms with van der Waals surface area (Å²) >= 11 is 0. The van der Waals surface area contributed by atoms with E-state index in [0.717, 1.165) is 54.6 Å². The molecule has 3 aliphatic heterocycles. The van der Waals surface area contributed by atoms with Crippen LogP contribution in [-0.4, -0.2) is 42.2 Å². The largest absolute Gasteiger partial charge is 0.320 e. The van der Waals surface area contributed by atoms with Crippen LogP contribution in [0, 0.1) is 6.92 Å². The summed E-state index contributed by atoms with van der Waals surface area (Å²) in [7, 11) is -3.24. The lowest BCUT2D eigenvalue weighted by atomic mass is 9.94. The number of sulfone groups is 1. The van der Waals surface area contributed by atoms with Crippen LogP contribution in [0.25, 0.3) is 23.2 Å². The predicted octanol–water partition coefficient (Wildman–Crippen LogP) is 4.07. The zero-order valence-electron chi connectivity index (χ0n) is 16.8. The van der Waals surface area contributed by atoms with Gasteiger partial charge >= 0.3 is 0 Å². The zero-order valence-corrected chi connectivity index (χ0v) is 17.6. The van der Waals surface area contributed by atoms with Crippen LogP contribution in [-0.2, 0) is 16.4 Å². The standard InChI is InChI=1S/C23H25N3O2S/c1-16-3-4-17(14-24-16)7-12-26-22-6-5-19(29(2,27)28)13-20(22)21-15-25-10-8-18(9-11-25)23(21)26/h3-7,12-14,18H,8-11,15H2,1-2H3. The Morgan fingerprint density at radius 1 is 1.14 bits per heavy atom. The molecular formula is C23H25N3O2S. The summed E-state index contributed by atoms with van der Waals surface area (Å²) in [6.07, 6.45) is 9.69. The van der Waals surface area contributed by atoms with Crippen molar-refractivity contribution < 1.29 is 8.42 Å². The number of aromatic nitrogens is 2. The molecule has 1 saturated heterocycles. The van der Waals surface area contributed by atoms with Gasteiger partial charge in [-0.05, 0) is 74.3 Å². The molecule has 3 aromatic rings. The van der Waals surface area contributed by atoms with E-state index in [1.54, 1.807) is 6.07 Å². The van der Waals surface area contributed by atoms with Gasteiger partial charge in [0, 0.05) is 47.9 Å². The molecule has 0 aliphatic carbocycles. The number of hydrogen-bond donors (Lipinski definition) is 0. The molecule has 2 aromatic heterocycles. The molecule has 3 aliphatic rings. The molecule has 150 valence electrons. The van der Waals surface area contributed by atoms with Crippen molar-refractivity contribution in [2.24, 2.45) is 0 Å². The highest BCUT2D eigenvalue weighted by atomic mass is 32.2. The maximum absolute atomic E-state index is 12.2. The van der Waals surface area contributed by atoms with Gasteiger partial charge in [-0.1, -0.05) is 6.07 Å². The minimum atomic E-state index is -3.24. The lowest BCUT2D eigenvalue weighted by Gasteiger charge is -2.27. The Morgan fingerprint density at radius 3 is 2.62 bits per heavy atom. The fraction of sp³-hybridized carbons (Fsp3) is 0.348. The van der Waals surface area contributed by atoms with Crippen LogP contribution in [0.15, 0.2) is 41.4 Å². The molecule has 0 N–H and O–H groups in total. The molecule has 1 aromatic carbocycles. The minimum Gasteiger partial charge on any atom is -0.320 e. The Kier molecular flexibility index (Phi) is 4.37. The molecule has 29 heavy (non-hydrogen) atoms. The lowest BCUT2D eigenvalue weighted by molar-refractivity contribution is 0.220. The summed E-state index contributed by atoms with van der Waals surface area (Å²) in [4.78, 5) is 7.27. The van der Waals surface area contributed by atoms with Gasteiger partial charge in [0.05, 0.1) is 10.4 Å². The summed E-state index contributed by atoms with van der Waals surface area (Å²) in [6.45, 7) is 5.09. The van der Waals surface area contributed by atoms with Crippen molar-refractivity contribution in [2.45, 2.75) is 37.1 Å². The first-order valence-corrected chi connectivity index (χ1v) is 12.0. The SMILES string of the molecule is Cc1ccc(C=Cn2c3c(c4cc(S(C)(=O)=O)ccc42)CN2CCC3CC2)cn1. The molecule has 2 bridgehead atoms. The van der Waals surface area contributed by atoms with Crippen molar-refractivity contribution >= 4 is 33.0 Å². The Balaban J connectivity index is 1.72. The third kappa shape index (κ3) is 3.30. The van der Waals surface area contributed by atoms with Crippen LogP contribution in [0.4, 0.5) is 0 Å². The second kappa shape index (κ2) is 6.82. The number of nitrogens with zero attached hydrogens (tertiary/aromatic N) is 3. The van der Waals surface area contributed by atoms with Gasteiger partial charge in [0.15, 0.2) is 9.84 Å². The average Bonchev–Trinajstić information content (AvgIpc) is 2.82. The van der Waals surface area contributed by atoms with Gasteiger partial charge in [-0.2, -0.15) is 0 Å². The van der Waals surface area contributed by atoms with Gasteiger partial charge in [-0.15, -0.1) is 0 Å². The minimum absolute atomic E-state index is 0.392. The Morgan fingerprint density at radius 2 is 1.93 bits per heavy atom. The van der Waals surface area contributed by atoms with E-state index < -0.39 is 9.84 Å². The molecular weight excluding hydrogens is 382 g/mol. The van der Waals surface area contributed by atoms with Gasteiger partial charge in [0.25, 0.3) is 0 Å². The van der Waals surface area contributed by atoms with Crippen LogP contribution >= 0.6 is 0 Å². The second-order valence-electron chi connectivity index (χ2n) is 8.28. The van der Waals surface area contributed by atoms with Crippen molar-refractivity contribution in [3.8, 4) is 0 Å². The topological polar surface area (TPSA) is 55.2 Å². The van der Waals surface area contributed by atoms with E-state index >= 15 is 0 Å². The predicted molar refractivity (Wildman–Crippen MR) is 116 cm³/mol. The van der Waals surface area contributed by atoms with Crippen LogP contribution in [0.5, 0.6) is 0 Å². The van der Waals surface area contributed by atoms with Gasteiger partial charge in [-0.25, -0.2) is 8.42 Å². The Bertz CT molecular complexity index is 1220. The molecule has 0 saturated carbocycles. The Labute approximate surface area is 171 Å². The summed E-state index contributed by atoms with van der Waals surface area (Å²) in [5, 5.41) is 1.06. The van der Waals surface area contributed by atoms with E-state index in [1.165, 1.54) is 17.5 Å². The molecule has 0 atom stereocenters. The van der Waals surface area contributed by atoms with Crippen LogP contribution in [0.2, 0.25) is 0 Å². The highest BCUT2D eigenvalue weighted by Crippen LogP contribution is 2.41. The van der Waals surface area contributed by atoms with Gasteiger partial charge in [0.2, 0.25) is 0 Å². The molecule has 0 amide bonds. The van der Waals surface area contributed by atoms with Crippen LogP contribution < -0.4 is 0 Å². The molecule has 0 spiro atoms. The van der Waals surface area contributed by atoms with E-state index in [-0.39, 0.29) is 0 Å². The molecule has 1 fully saturated rings. The third-order valence-electron chi connectivity index (χ3n) is 6.26. The quantitative estimate of drug-likeness (QED) is 0.657. The summed E-state index contributed by atoms with van der Waals surface area (Å²) < 4.78 is 26.6. The lowest BCUT2D eigenvalue weighted by Crippen LogP contribution is -2.29. The number of fused-ring (bicyclic) bond motifs is 3. The zero-order chi connectivity index (χ0) is 20.2. The first-order chi connectivity index (χ1) is 13.9. The van der Waals surface area contributed by atoms with E-state index in [9.17, 15) is 8.42 Å². The second-order valence-corrected chi connectivity index (χ2v) is 10.3. The molecule has 6 rings (SSSR count). The van der Waals surface area contributed by atoms with Gasteiger partial charge < -0.3 is 4.57 Å². The van der Waals surface area contributed by atoms with Crippen LogP contribution in [0.3, 0.4) is 0 Å². The van der Waals surface area contributed by atoms with Crippen molar-refractivity contribution in [3.05, 3.63) is 59.0 Å². The first kappa shape index (κ1) is 18.6. The smallest absolute Gasteiger partial charge is 0.175 e. The fourth-order valence-electron chi connectivity index (χ4n) is 4.71. The number of piperidine rings is 1. The number of pyridine rings is 1. The number of hydrogen-bond acceptors (Lipinski definition) is 4. The average molecular weight is 408 g/mol. The van der Waals surface area contributed by atoms with Crippen molar-refractivity contribution in [3.63, 3.8) is 0 Å². The molecule has 0 unspecified atom stereocenters. The van der Waals surface area contributed by atoms with Crippen molar-refractivity contribution in [1.82, 2.24) is 14.5 Å². The first-order valence-electron chi connectivity index (χ1n) is 10.1. The monoisotopic (exact) mass is 407 g/mol. The van der Waals surface area contributed by atoms with E-state index in [1.807, 2.05) is 31.3 Å². The number of rotatable bonds is 3. The normalized spacial score (nSPS) is 21.6. The van der Waals surface area contributed by atoms with Gasteiger partial charge in [0.1, 0.15) is 0 Å². The maximum Gasteiger partial charge on any atom is 0.175 e. The summed E-state index contributed by atoms with van der Waals surface area (Å²) in [5.74, 6) is 0.513. The Hall–Kier alpha value is -2.44. The molecule has 0 radical (unpaired) electrons. The van der Waals surface area contributed by atoms with E-state index in [0.29, 0.717) is 10.8 Å². The number of benzene rings is 1. The molecule has 6 heteroatoms. The third-order valence-corrected chi connectivity index (χ3v) is 7.37. The van der Waals surface area contributed by atoms with Gasteiger partial charge in [-0.3, -0.25) is 9.88 Å². The van der Waals surface area contributed by atoms with E-state index in [4.69, 9.17) is 0 Å². The maximum atomic E-state index is 12.2. The molecule has 5 nitrogen and oxygen atoms in total. The summed E-state index contributed by atoms with van der Waals surface area (Å²) in [5.41, 5.74) is 5.77. The highest BCUT2D eigenvalue weighted by Gasteiger charge is 2.32. The summed E-state index contributed by atoms with van der Waals surface area (Å²) in [6, 6.07) is 9.64. The number of aryl methyl sites for hydroxylation is 1. The van der Waals surface area contributed by atoms with Crippen LogP contribution in [0.1, 0.15) is 41.3 Å². The van der Waals surface area contributed by atoms with Crippen molar-refractivity contribution in [2.75, 3.05) is 19.3 Å². The molecule has 5 heterocycles. The van der Waals surface area contributed by atoms with Crippen molar-refractivity contribution in [1.29, 1.82) is 0 Å². The fourth-order valence-corrected chi connectivity index (χ4v) is 5.35.